The lowest BCUT2D eigenvalue weighted by Gasteiger charge is -2.22. The quantitative estimate of drug-likeness (QED) is 0.215. The SMILES string of the molecule is COc1ccc(C2=NN(C(=O)CSc3nc4c(c(=O)n3-c3ccccc3)SCC4)[C@H](c3ccc(F)cc3)C2)cc1. The molecule has 0 spiro atoms. The van der Waals surface area contributed by atoms with Crippen molar-refractivity contribution >= 4 is 35.1 Å². The largest absolute Gasteiger partial charge is 0.497 e. The Morgan fingerprint density at radius 3 is 2.55 bits per heavy atom. The molecule has 2 aliphatic rings. The van der Waals surface area contributed by atoms with Crippen molar-refractivity contribution in [2.75, 3.05) is 18.6 Å². The second-order valence-corrected chi connectivity index (χ2v) is 11.4. The maximum Gasteiger partial charge on any atom is 0.272 e. The van der Waals surface area contributed by atoms with Gasteiger partial charge in [0.05, 0.1) is 40.9 Å². The number of halogens is 1. The summed E-state index contributed by atoms with van der Waals surface area (Å²) in [6.45, 7) is 0. The number of ether oxygens (including phenoxy) is 1. The summed E-state index contributed by atoms with van der Waals surface area (Å²) in [4.78, 5) is 32.6. The topological polar surface area (TPSA) is 76.8 Å². The summed E-state index contributed by atoms with van der Waals surface area (Å²) in [5, 5.41) is 6.68. The van der Waals surface area contributed by atoms with Gasteiger partial charge in [-0.15, -0.1) is 11.8 Å². The molecule has 202 valence electrons. The highest BCUT2D eigenvalue weighted by Crippen LogP contribution is 2.35. The van der Waals surface area contributed by atoms with E-state index in [1.54, 1.807) is 23.8 Å². The summed E-state index contributed by atoms with van der Waals surface area (Å²) < 4.78 is 20.6. The number of nitrogens with zero attached hydrogens (tertiary/aromatic N) is 4. The van der Waals surface area contributed by atoms with Crippen LogP contribution in [0, 0.1) is 5.82 Å². The number of aromatic nitrogens is 2. The molecule has 0 N–H and O–H groups in total. The van der Waals surface area contributed by atoms with E-state index in [1.807, 2.05) is 54.6 Å². The molecule has 10 heteroatoms. The Balaban J connectivity index is 1.31. The van der Waals surface area contributed by atoms with E-state index in [2.05, 4.69) is 0 Å². The Morgan fingerprint density at radius 1 is 1.07 bits per heavy atom. The van der Waals surface area contributed by atoms with Gasteiger partial charge in [-0.2, -0.15) is 5.10 Å². The molecule has 0 bridgehead atoms. The predicted octanol–water partition coefficient (Wildman–Crippen LogP) is 5.50. The van der Waals surface area contributed by atoms with Gasteiger partial charge >= 0.3 is 0 Å². The Morgan fingerprint density at radius 2 is 1.82 bits per heavy atom. The zero-order valence-electron chi connectivity index (χ0n) is 21.6. The Bertz CT molecular complexity index is 1640. The second kappa shape index (κ2) is 11.3. The van der Waals surface area contributed by atoms with Crippen LogP contribution in [-0.4, -0.2) is 44.8 Å². The van der Waals surface area contributed by atoms with Gasteiger partial charge in [0.15, 0.2) is 5.16 Å². The zero-order valence-corrected chi connectivity index (χ0v) is 23.3. The predicted molar refractivity (Wildman–Crippen MR) is 155 cm³/mol. The van der Waals surface area contributed by atoms with E-state index >= 15 is 0 Å². The van der Waals surface area contributed by atoms with Crippen LogP contribution in [0.25, 0.3) is 5.69 Å². The first kappa shape index (κ1) is 26.3. The molecular formula is C30H25FN4O3S2. The van der Waals surface area contributed by atoms with Crippen molar-refractivity contribution in [3.63, 3.8) is 0 Å². The highest BCUT2D eigenvalue weighted by molar-refractivity contribution is 8.00. The number of amides is 1. The molecule has 0 radical (unpaired) electrons. The van der Waals surface area contributed by atoms with Crippen LogP contribution < -0.4 is 10.3 Å². The fourth-order valence-corrected chi connectivity index (χ4v) is 6.73. The number of benzene rings is 3. The number of para-hydroxylation sites is 1. The number of hydrazone groups is 1. The summed E-state index contributed by atoms with van der Waals surface area (Å²) in [6.07, 6.45) is 1.21. The third kappa shape index (κ3) is 5.16. The molecule has 6 rings (SSSR count). The minimum absolute atomic E-state index is 0.0300. The third-order valence-corrected chi connectivity index (χ3v) is 8.88. The van der Waals surface area contributed by atoms with E-state index in [1.165, 1.54) is 40.7 Å². The summed E-state index contributed by atoms with van der Waals surface area (Å²) in [5.41, 5.74) is 3.80. The lowest BCUT2D eigenvalue weighted by Crippen LogP contribution is -2.29. The number of carbonyl (C=O) groups excluding carboxylic acids is 1. The van der Waals surface area contributed by atoms with Gasteiger partial charge in [-0.05, 0) is 59.7 Å². The number of methoxy groups -OCH3 is 1. The van der Waals surface area contributed by atoms with Gasteiger partial charge in [0.1, 0.15) is 11.6 Å². The molecule has 0 saturated heterocycles. The van der Waals surface area contributed by atoms with E-state index in [0.29, 0.717) is 22.2 Å². The van der Waals surface area contributed by atoms with Crippen molar-refractivity contribution in [1.82, 2.24) is 14.6 Å². The number of rotatable bonds is 7. The van der Waals surface area contributed by atoms with Crippen molar-refractivity contribution in [2.45, 2.75) is 28.9 Å². The normalized spacial score (nSPS) is 16.1. The molecule has 0 saturated carbocycles. The van der Waals surface area contributed by atoms with Crippen LogP contribution >= 0.6 is 23.5 Å². The van der Waals surface area contributed by atoms with Crippen LogP contribution in [0.2, 0.25) is 0 Å². The number of thioether (sulfide) groups is 2. The minimum Gasteiger partial charge on any atom is -0.497 e. The molecular weight excluding hydrogens is 547 g/mol. The summed E-state index contributed by atoms with van der Waals surface area (Å²) >= 11 is 2.75. The monoisotopic (exact) mass is 572 g/mol. The van der Waals surface area contributed by atoms with Crippen molar-refractivity contribution in [3.8, 4) is 11.4 Å². The van der Waals surface area contributed by atoms with Crippen molar-refractivity contribution in [1.29, 1.82) is 0 Å². The number of hydrogen-bond acceptors (Lipinski definition) is 7. The molecule has 0 unspecified atom stereocenters. The number of fused-ring (bicyclic) bond motifs is 1. The number of carbonyl (C=O) groups is 1. The highest BCUT2D eigenvalue weighted by Gasteiger charge is 2.33. The van der Waals surface area contributed by atoms with Gasteiger partial charge in [0.25, 0.3) is 11.5 Å². The lowest BCUT2D eigenvalue weighted by molar-refractivity contribution is -0.130. The van der Waals surface area contributed by atoms with Gasteiger partial charge < -0.3 is 4.74 Å². The number of hydrogen-bond donors (Lipinski definition) is 0. The van der Waals surface area contributed by atoms with Crippen molar-refractivity contribution in [2.24, 2.45) is 5.10 Å². The molecule has 2 aliphatic heterocycles. The highest BCUT2D eigenvalue weighted by atomic mass is 32.2. The van der Waals surface area contributed by atoms with E-state index < -0.39 is 0 Å². The van der Waals surface area contributed by atoms with Crippen LogP contribution in [0.4, 0.5) is 4.39 Å². The van der Waals surface area contributed by atoms with Gasteiger partial charge in [0.2, 0.25) is 0 Å². The Hall–Kier alpha value is -3.89. The van der Waals surface area contributed by atoms with Crippen LogP contribution in [0.5, 0.6) is 5.75 Å². The summed E-state index contributed by atoms with van der Waals surface area (Å²) in [7, 11) is 1.61. The lowest BCUT2D eigenvalue weighted by atomic mass is 9.98. The van der Waals surface area contributed by atoms with Gasteiger partial charge in [-0.1, -0.05) is 42.1 Å². The van der Waals surface area contributed by atoms with Crippen molar-refractivity contribution in [3.05, 3.63) is 112 Å². The van der Waals surface area contributed by atoms with Crippen LogP contribution in [0.15, 0.2) is 98.8 Å². The van der Waals surface area contributed by atoms with Gasteiger partial charge in [-0.25, -0.2) is 14.4 Å². The molecule has 1 amide bonds. The molecule has 0 fully saturated rings. The summed E-state index contributed by atoms with van der Waals surface area (Å²) in [5.74, 6) is 1.00. The first-order chi connectivity index (χ1) is 19.5. The fourth-order valence-electron chi connectivity index (χ4n) is 4.83. The maximum atomic E-state index is 13.7. The molecule has 40 heavy (non-hydrogen) atoms. The second-order valence-electron chi connectivity index (χ2n) is 9.32. The van der Waals surface area contributed by atoms with Crippen LogP contribution in [0.1, 0.15) is 29.3 Å². The first-order valence-corrected chi connectivity index (χ1v) is 14.8. The van der Waals surface area contributed by atoms with E-state index in [9.17, 15) is 14.0 Å². The molecule has 1 atom stereocenters. The van der Waals surface area contributed by atoms with E-state index in [0.717, 1.165) is 40.5 Å². The average Bonchev–Trinajstić information content (AvgIpc) is 3.65. The Labute approximate surface area is 239 Å². The Kier molecular flexibility index (Phi) is 7.44. The van der Waals surface area contributed by atoms with Crippen molar-refractivity contribution < 1.29 is 13.9 Å². The summed E-state index contributed by atoms with van der Waals surface area (Å²) in [6, 6.07) is 22.6. The molecule has 1 aromatic heterocycles. The standard InChI is InChI=1S/C30H25FN4O3S2/c1-38-23-13-9-19(10-14-23)25-17-26(20-7-11-21(31)12-8-20)35(33-25)27(36)18-40-30-32-24-15-16-39-28(24)29(37)34(30)22-5-3-2-4-6-22/h2-14,26H,15-18H2,1H3/t26-/m0/s1. The molecule has 0 aliphatic carbocycles. The molecule has 3 aromatic carbocycles. The van der Waals surface area contributed by atoms with Gasteiger partial charge in [-0.3, -0.25) is 14.2 Å². The van der Waals surface area contributed by atoms with Crippen LogP contribution in [-0.2, 0) is 11.2 Å². The van der Waals surface area contributed by atoms with E-state index in [-0.39, 0.29) is 29.1 Å². The maximum absolute atomic E-state index is 13.7. The number of aryl methyl sites for hydroxylation is 1. The molecule has 4 aromatic rings. The zero-order chi connectivity index (χ0) is 27.6. The molecule has 7 nitrogen and oxygen atoms in total. The van der Waals surface area contributed by atoms with Gasteiger partial charge in [0, 0.05) is 18.6 Å². The van der Waals surface area contributed by atoms with E-state index in [4.69, 9.17) is 14.8 Å². The average molecular weight is 573 g/mol. The first-order valence-electron chi connectivity index (χ1n) is 12.8. The smallest absolute Gasteiger partial charge is 0.272 e. The molecule has 3 heterocycles. The fraction of sp³-hybridized carbons (Fsp3) is 0.200. The minimum atomic E-state index is -0.383. The van der Waals surface area contributed by atoms with Crippen LogP contribution in [0.3, 0.4) is 0 Å². The third-order valence-electron chi connectivity index (χ3n) is 6.85.